The second kappa shape index (κ2) is 7.25. The summed E-state index contributed by atoms with van der Waals surface area (Å²) in [4.78, 5) is 2.29. The number of hydrogen-bond donors (Lipinski definition) is 2. The van der Waals surface area contributed by atoms with Crippen molar-refractivity contribution in [3.05, 3.63) is 29.3 Å². The lowest BCUT2D eigenvalue weighted by atomic mass is 9.92. The van der Waals surface area contributed by atoms with Crippen LogP contribution in [0, 0.1) is 0 Å². The summed E-state index contributed by atoms with van der Waals surface area (Å²) in [6.45, 7) is 5.12. The van der Waals surface area contributed by atoms with Gasteiger partial charge in [0.05, 0.1) is 0 Å². The van der Waals surface area contributed by atoms with E-state index in [1.54, 1.807) is 0 Å². The number of nitrogens with zero attached hydrogens (tertiary/aromatic N) is 1. The van der Waals surface area contributed by atoms with Gasteiger partial charge in [0.1, 0.15) is 18.5 Å². The minimum atomic E-state index is -0.417. The molecule has 1 saturated heterocycles. The van der Waals surface area contributed by atoms with Gasteiger partial charge in [0.15, 0.2) is 0 Å². The Balaban J connectivity index is 1.47. The molecule has 2 aliphatic rings. The van der Waals surface area contributed by atoms with Crippen LogP contribution >= 0.6 is 0 Å². The Morgan fingerprint density at radius 2 is 1.90 bits per heavy atom. The van der Waals surface area contributed by atoms with Crippen LogP contribution in [0.25, 0.3) is 0 Å². The van der Waals surface area contributed by atoms with Gasteiger partial charge < -0.3 is 15.2 Å². The number of rotatable bonds is 5. The lowest BCUT2D eigenvalue weighted by Gasteiger charge is -2.29. The van der Waals surface area contributed by atoms with Gasteiger partial charge in [-0.25, -0.2) is 0 Å². The normalized spacial score (nSPS) is 20.8. The van der Waals surface area contributed by atoms with Gasteiger partial charge in [-0.2, -0.15) is 0 Å². The summed E-state index contributed by atoms with van der Waals surface area (Å²) in [5.74, 6) is 0.898. The molecule has 2 N–H and O–H groups in total. The SMILES string of the molecule is OC(COc1ccc2c(c1)CCCC2)CN1CCNCC1. The number of fused-ring (bicyclic) bond motifs is 1. The third kappa shape index (κ3) is 4.19. The maximum absolute atomic E-state index is 10.1. The highest BCUT2D eigenvalue weighted by Crippen LogP contribution is 2.25. The molecule has 1 aliphatic carbocycles. The van der Waals surface area contributed by atoms with Gasteiger partial charge in [-0.3, -0.25) is 4.90 Å². The lowest BCUT2D eigenvalue weighted by molar-refractivity contribution is 0.0641. The third-order valence-electron chi connectivity index (χ3n) is 4.44. The molecule has 0 saturated carbocycles. The molecule has 4 heteroatoms. The molecule has 116 valence electrons. The van der Waals surface area contributed by atoms with E-state index in [2.05, 4.69) is 22.3 Å². The van der Waals surface area contributed by atoms with Gasteiger partial charge in [-0.15, -0.1) is 0 Å². The van der Waals surface area contributed by atoms with E-state index in [9.17, 15) is 5.11 Å². The zero-order valence-corrected chi connectivity index (χ0v) is 12.7. The quantitative estimate of drug-likeness (QED) is 0.855. The van der Waals surface area contributed by atoms with E-state index in [1.165, 1.54) is 30.4 Å². The second-order valence-corrected chi connectivity index (χ2v) is 6.15. The highest BCUT2D eigenvalue weighted by atomic mass is 16.5. The number of hydrogen-bond acceptors (Lipinski definition) is 4. The van der Waals surface area contributed by atoms with Crippen molar-refractivity contribution in [2.75, 3.05) is 39.3 Å². The number of β-amino-alcohol motifs (C(OH)–C–C–N with tert-alkyl or cyclic N) is 1. The van der Waals surface area contributed by atoms with Crippen LogP contribution in [0.1, 0.15) is 24.0 Å². The van der Waals surface area contributed by atoms with E-state index in [0.717, 1.165) is 38.3 Å². The van der Waals surface area contributed by atoms with Crippen molar-refractivity contribution in [1.29, 1.82) is 0 Å². The second-order valence-electron chi connectivity index (χ2n) is 6.15. The molecule has 21 heavy (non-hydrogen) atoms. The first kappa shape index (κ1) is 14.8. The molecule has 0 aromatic heterocycles. The minimum absolute atomic E-state index is 0.378. The number of ether oxygens (including phenoxy) is 1. The van der Waals surface area contributed by atoms with E-state index < -0.39 is 6.10 Å². The summed E-state index contributed by atoms with van der Waals surface area (Å²) in [7, 11) is 0. The molecule has 4 nitrogen and oxygen atoms in total. The molecule has 0 radical (unpaired) electrons. The Morgan fingerprint density at radius 1 is 1.14 bits per heavy atom. The first-order valence-electron chi connectivity index (χ1n) is 8.17. The summed E-state index contributed by atoms with van der Waals surface area (Å²) < 4.78 is 5.78. The minimum Gasteiger partial charge on any atom is -0.491 e. The van der Waals surface area contributed by atoms with Crippen LogP contribution in [0.3, 0.4) is 0 Å². The van der Waals surface area contributed by atoms with Gasteiger partial charge in [0, 0.05) is 32.7 Å². The smallest absolute Gasteiger partial charge is 0.119 e. The monoisotopic (exact) mass is 290 g/mol. The zero-order valence-electron chi connectivity index (χ0n) is 12.7. The molecule has 0 amide bonds. The van der Waals surface area contributed by atoms with Crippen molar-refractivity contribution >= 4 is 0 Å². The largest absolute Gasteiger partial charge is 0.491 e. The molecule has 1 fully saturated rings. The summed E-state index contributed by atoms with van der Waals surface area (Å²) in [6.07, 6.45) is 4.52. The average Bonchev–Trinajstić information content (AvgIpc) is 2.54. The van der Waals surface area contributed by atoms with Crippen molar-refractivity contribution in [1.82, 2.24) is 10.2 Å². The van der Waals surface area contributed by atoms with Crippen molar-refractivity contribution in [2.45, 2.75) is 31.8 Å². The van der Waals surface area contributed by atoms with Gasteiger partial charge in [-0.1, -0.05) is 6.07 Å². The molecular formula is C17H26N2O2. The van der Waals surface area contributed by atoms with Crippen molar-refractivity contribution in [2.24, 2.45) is 0 Å². The van der Waals surface area contributed by atoms with Gasteiger partial charge in [-0.05, 0) is 48.9 Å². The summed E-state index contributed by atoms with van der Waals surface area (Å²) >= 11 is 0. The van der Waals surface area contributed by atoms with Gasteiger partial charge in [0.25, 0.3) is 0 Å². The van der Waals surface area contributed by atoms with E-state index in [4.69, 9.17) is 4.74 Å². The fraction of sp³-hybridized carbons (Fsp3) is 0.647. The van der Waals surface area contributed by atoms with Gasteiger partial charge in [0.2, 0.25) is 0 Å². The highest BCUT2D eigenvalue weighted by Gasteiger charge is 2.15. The topological polar surface area (TPSA) is 44.7 Å². The first-order valence-corrected chi connectivity index (χ1v) is 8.17. The van der Waals surface area contributed by atoms with Crippen LogP contribution in [0.5, 0.6) is 5.75 Å². The Bertz CT molecular complexity index is 458. The van der Waals surface area contributed by atoms with Crippen LogP contribution in [-0.4, -0.2) is 55.4 Å². The van der Waals surface area contributed by atoms with E-state index in [0.29, 0.717) is 13.2 Å². The molecule has 0 bridgehead atoms. The van der Waals surface area contributed by atoms with Crippen LogP contribution in [0.4, 0.5) is 0 Å². The van der Waals surface area contributed by atoms with Crippen molar-refractivity contribution in [3.8, 4) is 5.75 Å². The Labute approximate surface area is 127 Å². The first-order chi connectivity index (χ1) is 10.3. The third-order valence-corrected chi connectivity index (χ3v) is 4.44. The number of nitrogens with one attached hydrogen (secondary N) is 1. The Morgan fingerprint density at radius 3 is 2.71 bits per heavy atom. The summed E-state index contributed by atoms with van der Waals surface area (Å²) in [5, 5.41) is 13.4. The van der Waals surface area contributed by atoms with E-state index in [-0.39, 0.29) is 0 Å². The zero-order chi connectivity index (χ0) is 14.5. The number of piperazine rings is 1. The molecule has 1 aliphatic heterocycles. The lowest BCUT2D eigenvalue weighted by Crippen LogP contribution is -2.47. The maximum Gasteiger partial charge on any atom is 0.119 e. The van der Waals surface area contributed by atoms with E-state index >= 15 is 0 Å². The number of aliphatic hydroxyl groups is 1. The molecule has 1 unspecified atom stereocenters. The summed E-state index contributed by atoms with van der Waals surface area (Å²) in [6, 6.07) is 6.39. The Hall–Kier alpha value is -1.10. The molecule has 1 aromatic carbocycles. The standard InChI is InChI=1S/C17H26N2O2/c20-16(12-19-9-7-18-8-10-19)13-21-17-6-5-14-3-1-2-4-15(14)11-17/h5-6,11,16,18,20H,1-4,7-10,12-13H2. The molecule has 3 rings (SSSR count). The number of aliphatic hydroxyl groups excluding tert-OH is 1. The van der Waals surface area contributed by atoms with Crippen molar-refractivity contribution < 1.29 is 9.84 Å². The number of aryl methyl sites for hydroxylation is 2. The number of benzene rings is 1. The fourth-order valence-electron chi connectivity index (χ4n) is 3.24. The predicted octanol–water partition coefficient (Wildman–Crippen LogP) is 1.21. The fourth-order valence-corrected chi connectivity index (χ4v) is 3.24. The highest BCUT2D eigenvalue weighted by molar-refractivity contribution is 5.37. The maximum atomic E-state index is 10.1. The van der Waals surface area contributed by atoms with Crippen LogP contribution in [0.2, 0.25) is 0 Å². The van der Waals surface area contributed by atoms with E-state index in [1.807, 2.05) is 6.07 Å². The molecule has 1 heterocycles. The predicted molar refractivity (Wildman–Crippen MR) is 83.9 cm³/mol. The van der Waals surface area contributed by atoms with Crippen molar-refractivity contribution in [3.63, 3.8) is 0 Å². The van der Waals surface area contributed by atoms with Crippen LogP contribution in [0.15, 0.2) is 18.2 Å². The van der Waals surface area contributed by atoms with Crippen LogP contribution in [-0.2, 0) is 12.8 Å². The molecule has 1 aromatic rings. The molecule has 0 spiro atoms. The molecular weight excluding hydrogens is 264 g/mol. The van der Waals surface area contributed by atoms with Crippen LogP contribution < -0.4 is 10.1 Å². The van der Waals surface area contributed by atoms with Gasteiger partial charge >= 0.3 is 0 Å². The average molecular weight is 290 g/mol. The Kier molecular flexibility index (Phi) is 5.12. The molecule has 1 atom stereocenters. The summed E-state index contributed by atoms with van der Waals surface area (Å²) in [5.41, 5.74) is 2.89.